The second kappa shape index (κ2) is 9.24. The van der Waals surface area contributed by atoms with Crippen molar-refractivity contribution in [2.24, 2.45) is 10.9 Å². The summed E-state index contributed by atoms with van der Waals surface area (Å²) in [5.74, 6) is 2.54. The third-order valence-electron chi connectivity index (χ3n) is 3.59. The highest BCUT2D eigenvalue weighted by Gasteiger charge is 2.28. The van der Waals surface area contributed by atoms with Crippen molar-refractivity contribution in [3.63, 3.8) is 0 Å². The molecule has 1 saturated carbocycles. The zero-order valence-corrected chi connectivity index (χ0v) is 17.1. The predicted molar refractivity (Wildman–Crippen MR) is 105 cm³/mol. The summed E-state index contributed by atoms with van der Waals surface area (Å²) < 4.78 is 5.72. The summed E-state index contributed by atoms with van der Waals surface area (Å²) in [6, 6.07) is 0. The molecule has 0 aliphatic heterocycles. The minimum Gasteiger partial charge on any atom is -0.443 e. The Morgan fingerprint density at radius 3 is 2.50 bits per heavy atom. The van der Waals surface area contributed by atoms with E-state index < -0.39 is 0 Å². The first-order valence-electron chi connectivity index (χ1n) is 8.07. The third kappa shape index (κ3) is 6.66. The number of guanidine groups is 1. The number of halogens is 1. The lowest BCUT2D eigenvalue weighted by atomic mass is 9.94. The molecule has 24 heavy (non-hydrogen) atoms. The molecular formula is C16H28IN5O2. The molecule has 7 nitrogen and oxygen atoms in total. The van der Waals surface area contributed by atoms with E-state index in [1.54, 1.807) is 13.2 Å². The van der Waals surface area contributed by atoms with Crippen LogP contribution in [-0.2, 0) is 16.8 Å². The number of aliphatic imine (C=N–C) groups is 1. The number of rotatable bonds is 6. The summed E-state index contributed by atoms with van der Waals surface area (Å²) in [5, 5.41) is 9.19. The largest absolute Gasteiger partial charge is 0.443 e. The van der Waals surface area contributed by atoms with Gasteiger partial charge in [-0.3, -0.25) is 9.79 Å². The van der Waals surface area contributed by atoms with Gasteiger partial charge in [0.05, 0.1) is 12.7 Å². The Morgan fingerprint density at radius 1 is 1.29 bits per heavy atom. The van der Waals surface area contributed by atoms with Crippen LogP contribution in [0.15, 0.2) is 15.6 Å². The van der Waals surface area contributed by atoms with Gasteiger partial charge in [-0.1, -0.05) is 20.8 Å². The van der Waals surface area contributed by atoms with E-state index in [2.05, 4.69) is 46.7 Å². The third-order valence-corrected chi connectivity index (χ3v) is 3.59. The molecule has 0 spiro atoms. The smallest absolute Gasteiger partial charge is 0.223 e. The molecule has 1 aliphatic rings. The molecule has 0 bridgehead atoms. The van der Waals surface area contributed by atoms with Gasteiger partial charge in [-0.05, 0) is 12.8 Å². The van der Waals surface area contributed by atoms with Gasteiger partial charge >= 0.3 is 0 Å². The molecule has 1 aromatic rings. The van der Waals surface area contributed by atoms with Crippen molar-refractivity contribution >= 4 is 35.8 Å². The highest BCUT2D eigenvalue weighted by atomic mass is 127. The lowest BCUT2D eigenvalue weighted by Gasteiger charge is -2.13. The van der Waals surface area contributed by atoms with Crippen molar-refractivity contribution in [1.82, 2.24) is 20.9 Å². The summed E-state index contributed by atoms with van der Waals surface area (Å²) in [6.45, 7) is 7.92. The molecule has 1 fully saturated rings. The summed E-state index contributed by atoms with van der Waals surface area (Å²) in [4.78, 5) is 19.9. The van der Waals surface area contributed by atoms with E-state index in [9.17, 15) is 4.79 Å². The fourth-order valence-corrected chi connectivity index (χ4v) is 1.98. The first-order chi connectivity index (χ1) is 10.9. The number of aromatic nitrogens is 1. The van der Waals surface area contributed by atoms with Crippen molar-refractivity contribution in [2.75, 3.05) is 20.1 Å². The van der Waals surface area contributed by atoms with Crippen LogP contribution in [0.25, 0.3) is 0 Å². The maximum absolute atomic E-state index is 11.5. The fraction of sp³-hybridized carbons (Fsp3) is 0.688. The molecule has 1 amide bonds. The van der Waals surface area contributed by atoms with Crippen molar-refractivity contribution < 1.29 is 9.21 Å². The first-order valence-corrected chi connectivity index (χ1v) is 8.07. The minimum absolute atomic E-state index is 0. The molecular weight excluding hydrogens is 421 g/mol. The zero-order chi connectivity index (χ0) is 16.9. The van der Waals surface area contributed by atoms with Gasteiger partial charge in [0.1, 0.15) is 5.76 Å². The van der Waals surface area contributed by atoms with E-state index in [0.717, 1.165) is 18.6 Å². The average Bonchev–Trinajstić information content (AvgIpc) is 3.23. The summed E-state index contributed by atoms with van der Waals surface area (Å²) in [6.07, 6.45) is 3.81. The van der Waals surface area contributed by atoms with Crippen LogP contribution in [-0.4, -0.2) is 37.0 Å². The molecule has 1 aromatic heterocycles. The van der Waals surface area contributed by atoms with Gasteiger partial charge in [-0.25, -0.2) is 4.98 Å². The maximum Gasteiger partial charge on any atom is 0.223 e. The topological polar surface area (TPSA) is 91.5 Å². The quantitative estimate of drug-likeness (QED) is 0.267. The van der Waals surface area contributed by atoms with Crippen LogP contribution in [0.3, 0.4) is 0 Å². The second-order valence-corrected chi connectivity index (χ2v) is 6.79. The monoisotopic (exact) mass is 449 g/mol. The standard InChI is InChI=1S/C16H27N5O2.HI/c1-16(2,3)12-9-20-13(23-12)10-21-15(17-4)19-8-7-18-14(22)11-5-6-11;/h9,11H,5-8,10H2,1-4H3,(H,18,22)(H2,17,19,21);1H. The molecule has 1 heterocycles. The Hall–Kier alpha value is -1.32. The SMILES string of the molecule is CN=C(NCCNC(=O)C1CC1)NCc1ncc(C(C)(C)C)o1.I. The number of carbonyl (C=O) groups is 1. The molecule has 8 heteroatoms. The minimum atomic E-state index is -0.0507. The van der Waals surface area contributed by atoms with E-state index in [1.807, 2.05) is 0 Å². The fourth-order valence-electron chi connectivity index (χ4n) is 1.98. The highest BCUT2D eigenvalue weighted by molar-refractivity contribution is 14.0. The normalized spacial score (nSPS) is 14.8. The Labute approximate surface area is 160 Å². The van der Waals surface area contributed by atoms with E-state index in [-0.39, 0.29) is 41.2 Å². The molecule has 0 saturated heterocycles. The van der Waals surface area contributed by atoms with Gasteiger partial charge in [-0.2, -0.15) is 0 Å². The van der Waals surface area contributed by atoms with Crippen LogP contribution in [0.5, 0.6) is 0 Å². The zero-order valence-electron chi connectivity index (χ0n) is 14.8. The van der Waals surface area contributed by atoms with Crippen LogP contribution in [0.2, 0.25) is 0 Å². The number of hydrogen-bond acceptors (Lipinski definition) is 4. The van der Waals surface area contributed by atoms with Gasteiger partial charge < -0.3 is 20.4 Å². The van der Waals surface area contributed by atoms with E-state index in [4.69, 9.17) is 4.42 Å². The Balaban J connectivity index is 0.00000288. The van der Waals surface area contributed by atoms with Gasteiger partial charge in [-0.15, -0.1) is 24.0 Å². The van der Waals surface area contributed by atoms with E-state index in [1.165, 1.54) is 0 Å². The molecule has 3 N–H and O–H groups in total. The molecule has 2 rings (SSSR count). The maximum atomic E-state index is 11.5. The predicted octanol–water partition coefficient (Wildman–Crippen LogP) is 1.78. The summed E-state index contributed by atoms with van der Waals surface area (Å²) >= 11 is 0. The lowest BCUT2D eigenvalue weighted by molar-refractivity contribution is -0.122. The molecule has 0 unspecified atom stereocenters. The Kier molecular flexibility index (Phi) is 7.98. The molecule has 0 aromatic carbocycles. The number of oxazole rings is 1. The van der Waals surface area contributed by atoms with Gasteiger partial charge in [0.2, 0.25) is 11.8 Å². The van der Waals surface area contributed by atoms with Crippen molar-refractivity contribution in [3.8, 4) is 0 Å². The molecule has 0 atom stereocenters. The number of hydrogen-bond donors (Lipinski definition) is 3. The number of amides is 1. The van der Waals surface area contributed by atoms with Gasteiger partial charge in [0.25, 0.3) is 0 Å². The highest BCUT2D eigenvalue weighted by Crippen LogP contribution is 2.28. The van der Waals surface area contributed by atoms with Crippen molar-refractivity contribution in [1.29, 1.82) is 0 Å². The number of nitrogens with zero attached hydrogens (tertiary/aromatic N) is 2. The van der Waals surface area contributed by atoms with Crippen LogP contribution < -0.4 is 16.0 Å². The van der Waals surface area contributed by atoms with Crippen LogP contribution in [0.4, 0.5) is 0 Å². The van der Waals surface area contributed by atoms with E-state index in [0.29, 0.717) is 31.5 Å². The summed E-state index contributed by atoms with van der Waals surface area (Å²) in [7, 11) is 1.70. The van der Waals surface area contributed by atoms with Crippen LogP contribution in [0.1, 0.15) is 45.3 Å². The summed E-state index contributed by atoms with van der Waals surface area (Å²) in [5.41, 5.74) is -0.0507. The van der Waals surface area contributed by atoms with E-state index >= 15 is 0 Å². The Bertz CT molecular complexity index is 561. The lowest BCUT2D eigenvalue weighted by Crippen LogP contribution is -2.41. The molecule has 0 radical (unpaired) electrons. The van der Waals surface area contributed by atoms with Crippen LogP contribution in [0, 0.1) is 5.92 Å². The van der Waals surface area contributed by atoms with Crippen LogP contribution >= 0.6 is 24.0 Å². The number of carbonyl (C=O) groups excluding carboxylic acids is 1. The molecule has 1 aliphatic carbocycles. The van der Waals surface area contributed by atoms with Crippen molar-refractivity contribution in [3.05, 3.63) is 17.8 Å². The van der Waals surface area contributed by atoms with Gasteiger partial charge in [0, 0.05) is 31.5 Å². The average molecular weight is 449 g/mol. The molecule has 136 valence electrons. The number of nitrogens with one attached hydrogen (secondary N) is 3. The van der Waals surface area contributed by atoms with Gasteiger partial charge in [0.15, 0.2) is 5.96 Å². The second-order valence-electron chi connectivity index (χ2n) is 6.79. The van der Waals surface area contributed by atoms with Crippen molar-refractivity contribution in [2.45, 2.75) is 45.6 Å². The Morgan fingerprint density at radius 2 is 1.96 bits per heavy atom. The first kappa shape index (κ1) is 20.7.